The molecule has 0 amide bonds. The number of carboxylic acids is 1. The van der Waals surface area contributed by atoms with Gasteiger partial charge in [-0.3, -0.25) is 4.68 Å². The molecule has 0 radical (unpaired) electrons. The number of hydrogen-bond donors (Lipinski definition) is 1. The predicted molar refractivity (Wildman–Crippen MR) is 85.1 cm³/mol. The lowest BCUT2D eigenvalue weighted by molar-refractivity contribution is 0.0699. The summed E-state index contributed by atoms with van der Waals surface area (Å²) in [6.07, 6.45) is 3.14. The van der Waals surface area contributed by atoms with Crippen molar-refractivity contribution in [3.8, 4) is 0 Å². The maximum absolute atomic E-state index is 12.8. The molecule has 1 fully saturated rings. The molecular weight excluding hydrogens is 318 g/mol. The monoisotopic (exact) mass is 337 g/mol. The van der Waals surface area contributed by atoms with Crippen LogP contribution in [0, 0.1) is 0 Å². The van der Waals surface area contributed by atoms with Crippen molar-refractivity contribution in [3.63, 3.8) is 0 Å². The number of carboxylic acid groups (broad SMARTS) is 1. The zero-order valence-corrected chi connectivity index (χ0v) is 13.9. The van der Waals surface area contributed by atoms with Crippen LogP contribution in [-0.2, 0) is 10.0 Å². The Morgan fingerprint density at radius 1 is 1.26 bits per heavy atom. The molecule has 0 aliphatic carbocycles. The number of fused-ring (bicyclic) bond motifs is 1. The lowest BCUT2D eigenvalue weighted by Gasteiger charge is -2.16. The van der Waals surface area contributed by atoms with E-state index in [0.717, 1.165) is 12.8 Å². The zero-order valence-electron chi connectivity index (χ0n) is 13.1. The van der Waals surface area contributed by atoms with Crippen LogP contribution in [0.5, 0.6) is 0 Å². The quantitative estimate of drug-likeness (QED) is 0.922. The first-order valence-electron chi connectivity index (χ1n) is 7.57. The molecule has 1 aromatic heterocycles. The summed E-state index contributed by atoms with van der Waals surface area (Å²) < 4.78 is 28.6. The SMILES string of the molecule is CC(C)n1ncc2c(C(=O)O)cc(S(=O)(=O)N3CCCC3)cc21. The molecule has 2 heterocycles. The highest BCUT2D eigenvalue weighted by molar-refractivity contribution is 7.89. The average Bonchev–Trinajstić information content (AvgIpc) is 3.15. The number of sulfonamides is 1. The van der Waals surface area contributed by atoms with Crippen LogP contribution in [0.4, 0.5) is 0 Å². The van der Waals surface area contributed by atoms with Gasteiger partial charge in [0.2, 0.25) is 10.0 Å². The Labute approximate surface area is 134 Å². The van der Waals surface area contributed by atoms with E-state index < -0.39 is 16.0 Å². The number of benzene rings is 1. The molecule has 0 saturated carbocycles. The van der Waals surface area contributed by atoms with Crippen molar-refractivity contribution in [2.24, 2.45) is 0 Å². The summed E-state index contributed by atoms with van der Waals surface area (Å²) in [5, 5.41) is 14.1. The Morgan fingerprint density at radius 2 is 1.91 bits per heavy atom. The molecule has 7 nitrogen and oxygen atoms in total. The van der Waals surface area contributed by atoms with Gasteiger partial charge in [0.1, 0.15) is 0 Å². The Kier molecular flexibility index (Phi) is 3.89. The fourth-order valence-corrected chi connectivity index (χ4v) is 4.50. The van der Waals surface area contributed by atoms with E-state index in [2.05, 4.69) is 5.10 Å². The van der Waals surface area contributed by atoms with Crippen LogP contribution in [0.1, 0.15) is 43.1 Å². The zero-order chi connectivity index (χ0) is 16.8. The van der Waals surface area contributed by atoms with Crippen molar-refractivity contribution < 1.29 is 18.3 Å². The molecular formula is C15H19N3O4S. The van der Waals surface area contributed by atoms with Crippen LogP contribution in [-0.4, -0.2) is 46.7 Å². The molecule has 8 heteroatoms. The smallest absolute Gasteiger partial charge is 0.336 e. The van der Waals surface area contributed by atoms with Gasteiger partial charge < -0.3 is 5.11 Å². The lowest BCUT2D eigenvalue weighted by atomic mass is 10.1. The van der Waals surface area contributed by atoms with Crippen LogP contribution in [0.3, 0.4) is 0 Å². The minimum Gasteiger partial charge on any atom is -0.478 e. The third kappa shape index (κ3) is 2.61. The second-order valence-corrected chi connectivity index (χ2v) is 7.94. The number of carbonyl (C=O) groups is 1. The van der Waals surface area contributed by atoms with E-state index in [1.165, 1.54) is 22.6 Å². The molecule has 1 aromatic carbocycles. The fraction of sp³-hybridized carbons (Fsp3) is 0.467. The van der Waals surface area contributed by atoms with Gasteiger partial charge in [-0.2, -0.15) is 9.40 Å². The van der Waals surface area contributed by atoms with Crippen molar-refractivity contribution >= 4 is 26.9 Å². The van der Waals surface area contributed by atoms with E-state index in [1.54, 1.807) is 4.68 Å². The average molecular weight is 337 g/mol. The number of nitrogens with zero attached hydrogens (tertiary/aromatic N) is 3. The third-order valence-corrected chi connectivity index (χ3v) is 5.99. The molecule has 1 saturated heterocycles. The normalized spacial score (nSPS) is 16.5. The van der Waals surface area contributed by atoms with Gasteiger partial charge in [0.05, 0.1) is 22.2 Å². The van der Waals surface area contributed by atoms with Crippen LogP contribution in [0.2, 0.25) is 0 Å². The topological polar surface area (TPSA) is 92.5 Å². The predicted octanol–water partition coefficient (Wildman–Crippen LogP) is 2.10. The molecule has 2 aromatic rings. The summed E-state index contributed by atoms with van der Waals surface area (Å²) in [5.74, 6) is -1.16. The maximum Gasteiger partial charge on any atom is 0.336 e. The van der Waals surface area contributed by atoms with Crippen molar-refractivity contribution in [1.29, 1.82) is 0 Å². The highest BCUT2D eigenvalue weighted by Crippen LogP contribution is 2.28. The first-order chi connectivity index (χ1) is 10.8. The third-order valence-electron chi connectivity index (χ3n) is 4.11. The van der Waals surface area contributed by atoms with Crippen molar-refractivity contribution in [2.75, 3.05) is 13.1 Å². The van der Waals surface area contributed by atoms with Gasteiger partial charge in [-0.15, -0.1) is 0 Å². The second kappa shape index (κ2) is 5.61. The molecule has 1 aliphatic rings. The van der Waals surface area contributed by atoms with Gasteiger partial charge in [-0.25, -0.2) is 13.2 Å². The number of rotatable bonds is 4. The first-order valence-corrected chi connectivity index (χ1v) is 9.01. The van der Waals surface area contributed by atoms with E-state index in [-0.39, 0.29) is 16.5 Å². The van der Waals surface area contributed by atoms with Gasteiger partial charge in [0.25, 0.3) is 0 Å². The molecule has 0 unspecified atom stereocenters. The van der Waals surface area contributed by atoms with Crippen molar-refractivity contribution in [3.05, 3.63) is 23.9 Å². The van der Waals surface area contributed by atoms with Crippen molar-refractivity contribution in [2.45, 2.75) is 37.6 Å². The highest BCUT2D eigenvalue weighted by Gasteiger charge is 2.29. The standard InChI is InChI=1S/C15H19N3O4S/c1-10(2)18-14-8-11(23(21,22)17-5-3-4-6-17)7-12(15(19)20)13(14)9-16-18/h7-10H,3-6H2,1-2H3,(H,19,20). The Bertz CT molecular complexity index is 864. The molecule has 0 atom stereocenters. The van der Waals surface area contributed by atoms with Gasteiger partial charge >= 0.3 is 5.97 Å². The molecule has 0 bridgehead atoms. The van der Waals surface area contributed by atoms with E-state index >= 15 is 0 Å². The van der Waals surface area contributed by atoms with E-state index in [0.29, 0.717) is 24.0 Å². The second-order valence-electron chi connectivity index (χ2n) is 6.00. The summed E-state index contributed by atoms with van der Waals surface area (Å²) in [4.78, 5) is 11.6. The maximum atomic E-state index is 12.8. The molecule has 0 spiro atoms. The summed E-state index contributed by atoms with van der Waals surface area (Å²) in [5.41, 5.74) is 0.491. The summed E-state index contributed by atoms with van der Waals surface area (Å²) >= 11 is 0. The van der Waals surface area contributed by atoms with Crippen LogP contribution in [0.25, 0.3) is 10.9 Å². The first kappa shape index (κ1) is 15.9. The lowest BCUT2D eigenvalue weighted by Crippen LogP contribution is -2.28. The van der Waals surface area contributed by atoms with Crippen LogP contribution < -0.4 is 0 Å². The van der Waals surface area contributed by atoms with Gasteiger partial charge in [0, 0.05) is 24.5 Å². The Morgan fingerprint density at radius 3 is 2.48 bits per heavy atom. The van der Waals surface area contributed by atoms with Gasteiger partial charge in [-0.05, 0) is 38.8 Å². The van der Waals surface area contributed by atoms with Crippen LogP contribution >= 0.6 is 0 Å². The van der Waals surface area contributed by atoms with Crippen LogP contribution in [0.15, 0.2) is 23.2 Å². The summed E-state index contributed by atoms with van der Waals surface area (Å²) in [6, 6.07) is 2.77. The van der Waals surface area contributed by atoms with Crippen molar-refractivity contribution in [1.82, 2.24) is 14.1 Å². The number of hydrogen-bond acceptors (Lipinski definition) is 4. The number of aromatic nitrogens is 2. The van der Waals surface area contributed by atoms with E-state index in [1.807, 2.05) is 13.8 Å². The Hall–Kier alpha value is -1.93. The number of aromatic carboxylic acids is 1. The minimum absolute atomic E-state index is 0.00103. The van der Waals surface area contributed by atoms with Gasteiger partial charge in [0.15, 0.2) is 0 Å². The molecule has 1 aliphatic heterocycles. The highest BCUT2D eigenvalue weighted by atomic mass is 32.2. The largest absolute Gasteiger partial charge is 0.478 e. The molecule has 3 rings (SSSR count). The van der Waals surface area contributed by atoms with E-state index in [9.17, 15) is 18.3 Å². The van der Waals surface area contributed by atoms with Gasteiger partial charge in [-0.1, -0.05) is 0 Å². The molecule has 1 N–H and O–H groups in total. The molecule has 124 valence electrons. The summed E-state index contributed by atoms with van der Waals surface area (Å²) in [6.45, 7) is 4.78. The Balaban J connectivity index is 2.25. The fourth-order valence-electron chi connectivity index (χ4n) is 2.93. The van der Waals surface area contributed by atoms with E-state index in [4.69, 9.17) is 0 Å². The minimum atomic E-state index is -3.68. The molecule has 23 heavy (non-hydrogen) atoms. The summed E-state index contributed by atoms with van der Waals surface area (Å²) in [7, 11) is -3.68.